The first kappa shape index (κ1) is 23.3. The molecule has 2 aliphatic heterocycles. The number of rotatable bonds is 10. The average Bonchev–Trinajstić information content (AvgIpc) is 2.75. The van der Waals surface area contributed by atoms with E-state index in [0.717, 1.165) is 24.6 Å². The lowest BCUT2D eigenvalue weighted by Crippen LogP contribution is -2.43. The van der Waals surface area contributed by atoms with Gasteiger partial charge in [0.1, 0.15) is 36.9 Å². The SMILES string of the molecule is C[C@@H]1CCCCN1C[C@H](O)COc1ccc(OC[C@@H](O)CN2CCCC[C@@H]2C)cc1. The second-order valence-electron chi connectivity index (χ2n) is 9.08. The number of piperidine rings is 2. The van der Waals surface area contributed by atoms with Crippen LogP contribution in [0, 0.1) is 0 Å². The van der Waals surface area contributed by atoms with Gasteiger partial charge in [0.15, 0.2) is 0 Å². The quantitative estimate of drug-likeness (QED) is 0.607. The van der Waals surface area contributed by atoms with Gasteiger partial charge in [-0.05, 0) is 76.9 Å². The number of β-amino-alcohol motifs (C(OH)–C–C–N with tert-alkyl or cyclic N) is 2. The molecule has 2 fully saturated rings. The van der Waals surface area contributed by atoms with E-state index in [2.05, 4.69) is 23.6 Å². The second-order valence-corrected chi connectivity index (χ2v) is 9.08. The molecular formula is C24H40N2O4. The van der Waals surface area contributed by atoms with Crippen molar-refractivity contribution >= 4 is 0 Å². The average molecular weight is 421 g/mol. The summed E-state index contributed by atoms with van der Waals surface area (Å²) in [6.07, 6.45) is 6.43. The number of ether oxygens (including phenoxy) is 2. The van der Waals surface area contributed by atoms with Gasteiger partial charge < -0.3 is 19.7 Å². The van der Waals surface area contributed by atoms with Crippen molar-refractivity contribution in [2.45, 2.75) is 76.7 Å². The number of aliphatic hydroxyl groups excluding tert-OH is 2. The van der Waals surface area contributed by atoms with E-state index in [9.17, 15) is 10.2 Å². The maximum absolute atomic E-state index is 10.3. The molecule has 0 bridgehead atoms. The van der Waals surface area contributed by atoms with Crippen LogP contribution in [-0.2, 0) is 0 Å². The molecule has 6 heteroatoms. The van der Waals surface area contributed by atoms with Gasteiger partial charge in [-0.2, -0.15) is 0 Å². The minimum absolute atomic E-state index is 0.288. The van der Waals surface area contributed by atoms with Crippen LogP contribution >= 0.6 is 0 Å². The van der Waals surface area contributed by atoms with Gasteiger partial charge in [-0.25, -0.2) is 0 Å². The van der Waals surface area contributed by atoms with E-state index >= 15 is 0 Å². The van der Waals surface area contributed by atoms with Gasteiger partial charge in [0.2, 0.25) is 0 Å². The molecule has 2 heterocycles. The fraction of sp³-hybridized carbons (Fsp3) is 0.750. The molecule has 1 aromatic rings. The summed E-state index contributed by atoms with van der Waals surface area (Å²) in [5.74, 6) is 1.44. The lowest BCUT2D eigenvalue weighted by Gasteiger charge is -2.34. The summed E-state index contributed by atoms with van der Waals surface area (Å²) in [6.45, 7) is 8.49. The minimum Gasteiger partial charge on any atom is -0.491 e. The highest BCUT2D eigenvalue weighted by atomic mass is 16.5. The molecule has 2 N–H and O–H groups in total. The Bertz CT molecular complexity index is 559. The molecule has 2 saturated heterocycles. The predicted molar refractivity (Wildman–Crippen MR) is 119 cm³/mol. The fourth-order valence-corrected chi connectivity index (χ4v) is 4.52. The molecule has 1 aromatic carbocycles. The predicted octanol–water partition coefficient (Wildman–Crippen LogP) is 2.91. The molecule has 0 aliphatic carbocycles. The monoisotopic (exact) mass is 420 g/mol. The van der Waals surface area contributed by atoms with Crippen LogP contribution in [-0.4, -0.2) is 83.7 Å². The molecule has 6 nitrogen and oxygen atoms in total. The summed E-state index contributed by atoms with van der Waals surface area (Å²) in [5.41, 5.74) is 0. The van der Waals surface area contributed by atoms with Crippen molar-refractivity contribution in [1.82, 2.24) is 9.80 Å². The standard InChI is InChI=1S/C24H40N2O4/c1-19-7-3-5-13-25(19)15-21(27)17-29-23-9-11-24(12-10-23)30-18-22(28)16-26-14-6-4-8-20(26)2/h9-12,19-22,27-28H,3-8,13-18H2,1-2H3/t19-,20+,21-,22-/m0/s1. The molecule has 3 rings (SSSR count). The van der Waals surface area contributed by atoms with E-state index in [1.807, 2.05) is 24.3 Å². The van der Waals surface area contributed by atoms with Crippen molar-refractivity contribution in [1.29, 1.82) is 0 Å². The number of aliphatic hydroxyl groups is 2. The second kappa shape index (κ2) is 11.9. The summed E-state index contributed by atoms with van der Waals surface area (Å²) in [6, 6.07) is 8.49. The van der Waals surface area contributed by atoms with Gasteiger partial charge in [0.25, 0.3) is 0 Å². The smallest absolute Gasteiger partial charge is 0.119 e. The molecule has 0 saturated carbocycles. The van der Waals surface area contributed by atoms with E-state index in [1.165, 1.54) is 38.5 Å². The molecular weight excluding hydrogens is 380 g/mol. The van der Waals surface area contributed by atoms with Gasteiger partial charge in [0, 0.05) is 25.2 Å². The van der Waals surface area contributed by atoms with Crippen molar-refractivity contribution in [2.24, 2.45) is 0 Å². The van der Waals surface area contributed by atoms with E-state index in [4.69, 9.17) is 9.47 Å². The van der Waals surface area contributed by atoms with Crippen LogP contribution < -0.4 is 9.47 Å². The molecule has 0 amide bonds. The number of benzene rings is 1. The summed E-state index contributed by atoms with van der Waals surface area (Å²) >= 11 is 0. The lowest BCUT2D eigenvalue weighted by molar-refractivity contribution is 0.0428. The summed E-state index contributed by atoms with van der Waals surface area (Å²) in [7, 11) is 0. The molecule has 170 valence electrons. The largest absolute Gasteiger partial charge is 0.491 e. The van der Waals surface area contributed by atoms with E-state index in [-0.39, 0.29) is 13.2 Å². The van der Waals surface area contributed by atoms with Crippen LogP contribution in [0.15, 0.2) is 24.3 Å². The Morgan fingerprint density at radius 2 is 1.17 bits per heavy atom. The number of nitrogens with zero attached hydrogens (tertiary/aromatic N) is 2. The Morgan fingerprint density at radius 3 is 1.53 bits per heavy atom. The molecule has 0 aromatic heterocycles. The van der Waals surface area contributed by atoms with Crippen molar-refractivity contribution < 1.29 is 19.7 Å². The maximum Gasteiger partial charge on any atom is 0.119 e. The van der Waals surface area contributed by atoms with Crippen LogP contribution in [0.2, 0.25) is 0 Å². The van der Waals surface area contributed by atoms with Gasteiger partial charge >= 0.3 is 0 Å². The van der Waals surface area contributed by atoms with Gasteiger partial charge in [-0.15, -0.1) is 0 Å². The highest BCUT2D eigenvalue weighted by Crippen LogP contribution is 2.20. The molecule has 0 unspecified atom stereocenters. The zero-order valence-corrected chi connectivity index (χ0v) is 18.7. The highest BCUT2D eigenvalue weighted by Gasteiger charge is 2.22. The number of likely N-dealkylation sites (tertiary alicyclic amines) is 2. The first-order valence-corrected chi connectivity index (χ1v) is 11.7. The molecule has 0 radical (unpaired) electrons. The Balaban J connectivity index is 1.35. The molecule has 4 atom stereocenters. The summed E-state index contributed by atoms with van der Waals surface area (Å²) < 4.78 is 11.5. The third-order valence-corrected chi connectivity index (χ3v) is 6.48. The zero-order chi connectivity index (χ0) is 21.3. The molecule has 0 spiro atoms. The summed E-state index contributed by atoms with van der Waals surface area (Å²) in [4.78, 5) is 4.70. The van der Waals surface area contributed by atoms with Gasteiger partial charge in [-0.1, -0.05) is 12.8 Å². The third kappa shape index (κ3) is 7.41. The first-order chi connectivity index (χ1) is 14.5. The van der Waals surface area contributed by atoms with Crippen molar-refractivity contribution in [3.8, 4) is 11.5 Å². The molecule has 2 aliphatic rings. The Labute approximate surface area is 181 Å². The van der Waals surface area contributed by atoms with E-state index in [0.29, 0.717) is 25.2 Å². The maximum atomic E-state index is 10.3. The van der Waals surface area contributed by atoms with Gasteiger partial charge in [0.05, 0.1) is 0 Å². The van der Waals surface area contributed by atoms with Crippen LogP contribution in [0.3, 0.4) is 0 Å². The van der Waals surface area contributed by atoms with Crippen molar-refractivity contribution in [3.63, 3.8) is 0 Å². The Kier molecular flexibility index (Phi) is 9.25. The van der Waals surface area contributed by atoms with E-state index < -0.39 is 12.2 Å². The minimum atomic E-state index is -0.492. The lowest BCUT2D eigenvalue weighted by atomic mass is 10.0. The first-order valence-electron chi connectivity index (χ1n) is 11.7. The summed E-state index contributed by atoms with van der Waals surface area (Å²) in [5, 5.41) is 20.6. The van der Waals surface area contributed by atoms with E-state index in [1.54, 1.807) is 0 Å². The fourth-order valence-electron chi connectivity index (χ4n) is 4.52. The van der Waals surface area contributed by atoms with Crippen LogP contribution in [0.4, 0.5) is 0 Å². The third-order valence-electron chi connectivity index (χ3n) is 6.48. The van der Waals surface area contributed by atoms with Gasteiger partial charge in [-0.3, -0.25) is 9.80 Å². The normalized spacial score (nSPS) is 25.6. The topological polar surface area (TPSA) is 65.4 Å². The zero-order valence-electron chi connectivity index (χ0n) is 18.7. The van der Waals surface area contributed by atoms with Crippen molar-refractivity contribution in [3.05, 3.63) is 24.3 Å². The Hall–Kier alpha value is -1.34. The number of hydrogen-bond acceptors (Lipinski definition) is 6. The Morgan fingerprint density at radius 1 is 0.767 bits per heavy atom. The number of hydrogen-bond donors (Lipinski definition) is 2. The highest BCUT2D eigenvalue weighted by molar-refractivity contribution is 5.31. The van der Waals surface area contributed by atoms with Crippen LogP contribution in [0.5, 0.6) is 11.5 Å². The van der Waals surface area contributed by atoms with Crippen LogP contribution in [0.1, 0.15) is 52.4 Å². The van der Waals surface area contributed by atoms with Crippen molar-refractivity contribution in [2.75, 3.05) is 39.4 Å². The van der Waals surface area contributed by atoms with Crippen LogP contribution in [0.25, 0.3) is 0 Å². The molecule has 30 heavy (non-hydrogen) atoms.